The number of hydrogen-bond acceptors (Lipinski definition) is 25. The van der Waals surface area contributed by atoms with Crippen LogP contribution in [-0.2, 0) is 42.9 Å². The van der Waals surface area contributed by atoms with Gasteiger partial charge in [-0.25, -0.2) is 14.8 Å². The number of amides is 8. The molecule has 5 heterocycles. The molecule has 13 unspecified atom stereocenters. The number of ether oxygens (including phenoxy) is 1. The van der Waals surface area contributed by atoms with Crippen molar-refractivity contribution >= 4 is 75.9 Å². The number of aliphatic hydroxyl groups is 7. The Morgan fingerprint density at radius 2 is 1.48 bits per heavy atom. The van der Waals surface area contributed by atoms with Crippen LogP contribution in [0.2, 0.25) is 0 Å². The number of primary amides is 1. The number of aromatic nitrogens is 3. The molecule has 1 saturated carbocycles. The molecule has 1 aliphatic carbocycles. The lowest BCUT2D eigenvalue weighted by molar-refractivity contribution is -0.433. The Balaban J connectivity index is 0.990. The fraction of sp³-hybridized carbons (Fsp3) is 0.483. The van der Waals surface area contributed by atoms with E-state index in [1.807, 2.05) is 24.3 Å². The Hall–Kier alpha value is -8.13. The fourth-order valence-corrected chi connectivity index (χ4v) is 12.6. The third-order valence-electron chi connectivity index (χ3n) is 16.4. The predicted octanol–water partition coefficient (Wildman–Crippen LogP) is -1.78. The molecule has 32 nitrogen and oxygen atoms in total. The van der Waals surface area contributed by atoms with Crippen LogP contribution in [0.3, 0.4) is 0 Å². The lowest BCUT2D eigenvalue weighted by Gasteiger charge is -2.34. The van der Waals surface area contributed by atoms with E-state index in [0.717, 1.165) is 76.9 Å². The number of aliphatic hydroxyl groups excluding tert-OH is 7. The molecule has 34 heteroatoms. The second-order valence-electron chi connectivity index (χ2n) is 23.1. The van der Waals surface area contributed by atoms with E-state index in [1.54, 1.807) is 22.8 Å². The number of nitrogens with one attached hydrogen (secondary N) is 5. The number of imidazole rings is 1. The third-order valence-corrected chi connectivity index (χ3v) is 17.7. The van der Waals surface area contributed by atoms with E-state index >= 15 is 0 Å². The maximum absolute atomic E-state index is 14.7. The molecule has 4 fully saturated rings. The number of phenolic OH excluding ortho intramolecular Hbond substituents is 1. The number of hydrogen-bond donors (Lipinski definition) is 15. The normalized spacial score (nSPS) is 26.3. The summed E-state index contributed by atoms with van der Waals surface area (Å²) in [7, 11) is 0. The Labute approximate surface area is 532 Å². The molecule has 92 heavy (non-hydrogen) atoms. The lowest BCUT2D eigenvalue weighted by atomic mass is 9.96. The Morgan fingerprint density at radius 3 is 2.15 bits per heavy atom. The van der Waals surface area contributed by atoms with Gasteiger partial charge < -0.3 is 91.9 Å². The molecule has 3 saturated heterocycles. The van der Waals surface area contributed by atoms with Crippen molar-refractivity contribution < 1.29 is 103 Å². The summed E-state index contributed by atoms with van der Waals surface area (Å²) in [5.74, 6) is -11.1. The summed E-state index contributed by atoms with van der Waals surface area (Å²) in [6, 6.07) is 4.41. The maximum atomic E-state index is 14.7. The molecule has 2 aromatic heterocycles. The van der Waals surface area contributed by atoms with Gasteiger partial charge in [0.15, 0.2) is 11.5 Å². The van der Waals surface area contributed by atoms with Crippen molar-refractivity contribution in [1.29, 1.82) is 0 Å². The van der Waals surface area contributed by atoms with E-state index in [0.29, 0.717) is 16.2 Å². The minimum absolute atomic E-state index is 0.00909. The van der Waals surface area contributed by atoms with Gasteiger partial charge >= 0.3 is 0 Å². The predicted molar refractivity (Wildman–Crippen MR) is 320 cm³/mol. The number of rotatable bonds is 17. The summed E-state index contributed by atoms with van der Waals surface area (Å²) in [5.41, 5.74) is 7.00. The molecule has 0 bridgehead atoms. The smallest absolute Gasteiger partial charge is 0.261 e. The van der Waals surface area contributed by atoms with Gasteiger partial charge in [-0.1, -0.05) is 52.3 Å². The SMILES string of the molecule is CC(O)C1NC(=O)[C@@H](NC(=O)c2ccc(-c3cn4nc(-c5ccc(OC6CCCCC6)cc5)sc4n3)cc2)CC(O)CNC(=O)C2C(O)C(C)CN2C(=O)C(C(O)CC(N)=O)NC(=O)C(C(O)C(O)c2ccc(O)c(OSOOO)c2)NC(=O)C2CC(O)CN2C1=O. The molecular formula is C58H71N11O21S2. The van der Waals surface area contributed by atoms with Gasteiger partial charge in [-0.15, -0.1) is 0 Å². The molecule has 0 radical (unpaired) electrons. The van der Waals surface area contributed by atoms with Crippen LogP contribution < -0.4 is 41.2 Å². The number of carbonyl (C=O) groups is 8. The van der Waals surface area contributed by atoms with Gasteiger partial charge in [-0.05, 0) is 86.7 Å². The molecule has 8 amide bonds. The molecule has 9 rings (SSSR count). The Kier molecular flexibility index (Phi) is 22.3. The molecule has 0 spiro atoms. The highest BCUT2D eigenvalue weighted by Gasteiger charge is 2.50. The van der Waals surface area contributed by atoms with E-state index in [9.17, 15) is 79.2 Å². The van der Waals surface area contributed by atoms with Crippen LogP contribution in [0.4, 0.5) is 0 Å². The monoisotopic (exact) mass is 1320 g/mol. The van der Waals surface area contributed by atoms with Crippen molar-refractivity contribution in [3.63, 3.8) is 0 Å². The number of nitrogens with zero attached hydrogens (tertiary/aromatic N) is 5. The van der Waals surface area contributed by atoms with Gasteiger partial charge in [0.1, 0.15) is 59.2 Å². The Bertz CT molecular complexity index is 3450. The highest BCUT2D eigenvalue weighted by atomic mass is 32.2. The van der Waals surface area contributed by atoms with Gasteiger partial charge in [0, 0.05) is 55.1 Å². The van der Waals surface area contributed by atoms with Gasteiger partial charge in [-0.3, -0.25) is 38.4 Å². The highest BCUT2D eigenvalue weighted by molar-refractivity contribution is 7.90. The average molecular weight is 1320 g/mol. The largest absolute Gasteiger partial charge is 0.504 e. The number of carbonyl (C=O) groups excluding carboxylic acids is 8. The van der Waals surface area contributed by atoms with E-state index in [1.165, 1.54) is 36.8 Å². The van der Waals surface area contributed by atoms with Gasteiger partial charge in [-0.2, -0.15) is 5.10 Å². The zero-order valence-electron chi connectivity index (χ0n) is 49.4. The van der Waals surface area contributed by atoms with Gasteiger partial charge in [0.25, 0.3) is 18.2 Å². The average Bonchev–Trinajstić information content (AvgIpc) is 1.62. The number of phenols is 1. The van der Waals surface area contributed by atoms with Crippen molar-refractivity contribution in [2.45, 2.75) is 150 Å². The van der Waals surface area contributed by atoms with E-state index in [4.69, 9.17) is 30.0 Å². The summed E-state index contributed by atoms with van der Waals surface area (Å²) in [6.07, 6.45) is -8.64. The summed E-state index contributed by atoms with van der Waals surface area (Å²) in [4.78, 5) is 120. The van der Waals surface area contributed by atoms with Crippen molar-refractivity contribution in [2.75, 3.05) is 19.6 Å². The number of fused-ring (bicyclic) bond motifs is 3. The fourth-order valence-electron chi connectivity index (χ4n) is 11.5. The van der Waals surface area contributed by atoms with E-state index in [2.05, 4.69) is 36.0 Å². The van der Waals surface area contributed by atoms with Crippen molar-refractivity contribution in [1.82, 2.24) is 51.0 Å². The van der Waals surface area contributed by atoms with Crippen LogP contribution in [0.15, 0.2) is 72.9 Å². The highest BCUT2D eigenvalue weighted by Crippen LogP contribution is 2.35. The van der Waals surface area contributed by atoms with E-state index < -0.39 is 183 Å². The van der Waals surface area contributed by atoms with Crippen LogP contribution in [0.5, 0.6) is 17.2 Å². The molecule has 496 valence electrons. The van der Waals surface area contributed by atoms with Crippen LogP contribution in [0, 0.1) is 5.92 Å². The second kappa shape index (κ2) is 30.1. The third kappa shape index (κ3) is 16.0. The quantitative estimate of drug-likeness (QED) is 0.0212. The number of nitrogens with two attached hydrogens (primary N) is 1. The van der Waals surface area contributed by atoms with Gasteiger partial charge in [0.2, 0.25) is 46.3 Å². The number of benzene rings is 3. The zero-order valence-corrected chi connectivity index (χ0v) is 51.1. The number of aromatic hydroxyl groups is 1. The molecule has 14 atom stereocenters. The van der Waals surface area contributed by atoms with Crippen LogP contribution in [0.1, 0.15) is 87.2 Å². The lowest BCUT2D eigenvalue weighted by Crippen LogP contribution is -2.64. The van der Waals surface area contributed by atoms with Crippen molar-refractivity contribution in [3.05, 3.63) is 84.1 Å². The minimum Gasteiger partial charge on any atom is -0.504 e. The topological polar surface area (TPSA) is 478 Å². The summed E-state index contributed by atoms with van der Waals surface area (Å²) >= 11 is 1.34. The second-order valence-corrected chi connectivity index (χ2v) is 24.5. The minimum atomic E-state index is -2.53. The summed E-state index contributed by atoms with van der Waals surface area (Å²) in [5, 5.41) is 119. The molecule has 16 N–H and O–H groups in total. The maximum Gasteiger partial charge on any atom is 0.261 e. The summed E-state index contributed by atoms with van der Waals surface area (Å²) < 4.78 is 17.0. The Morgan fingerprint density at radius 1 is 0.804 bits per heavy atom. The molecule has 3 aliphatic heterocycles. The molecule has 3 aromatic carbocycles. The van der Waals surface area contributed by atoms with Gasteiger partial charge in [0.05, 0.1) is 54.9 Å². The summed E-state index contributed by atoms with van der Waals surface area (Å²) in [6.45, 7) is 0.691. The standard InChI is InChI=1S/C58H71N11O21S2/c1-26-23-68-46(47(26)76)54(83)60-22-32(71)19-36(61-50(79)29-10-8-28(9-11-29)37-25-69-58(62-37)91-55(66-69)30-12-15-35(16-13-30)87-34-6-4-3-5-7-34)51(80)63-43(27(2)70)56(84)67-24-33(72)20-38(67)52(81)65-45(53(82)64-44(57(68)85)40(74)21-42(59)75)49(78)48(77)31-14-17-39(73)41(18-31)88-92-90-89-86/h8-18,25-27,32-34,36,38,40,43-49,70-74,76-78,86H,3-7,19-24H2,1-2H3,(H2,59,75)(H,60,83)(H,61,79)(H,63,80)(H,64,82)(H,65,81)/t26?,27?,32?,33?,36-,38?,40?,43?,44?,45?,46?,47?,48?,49?/m0/s1. The number of β-amino-alcohol motifs (C(OH)–C–C–N with tert-alkyl or cyclic N) is 1. The molecule has 5 aromatic rings. The molecule has 4 aliphatic rings. The molecular weight excluding hydrogens is 1250 g/mol. The van der Waals surface area contributed by atoms with Crippen LogP contribution >= 0.6 is 23.7 Å². The first-order valence-electron chi connectivity index (χ1n) is 29.4. The first kappa shape index (κ1) is 68.2. The zero-order chi connectivity index (χ0) is 66.2. The van der Waals surface area contributed by atoms with Crippen LogP contribution in [-0.4, -0.2) is 216 Å². The first-order valence-corrected chi connectivity index (χ1v) is 30.9. The van der Waals surface area contributed by atoms with E-state index in [-0.39, 0.29) is 29.6 Å². The van der Waals surface area contributed by atoms with Crippen LogP contribution in [0.25, 0.3) is 26.8 Å². The van der Waals surface area contributed by atoms with Crippen molar-refractivity contribution in [2.24, 2.45) is 11.7 Å². The first-order chi connectivity index (χ1) is 43.9. The van der Waals surface area contributed by atoms with Crippen molar-refractivity contribution in [3.8, 4) is 39.1 Å².